The van der Waals surface area contributed by atoms with Crippen molar-refractivity contribution in [3.8, 4) is 11.8 Å². The Labute approximate surface area is 166 Å². The molecule has 28 heavy (non-hydrogen) atoms. The molecule has 148 valence electrons. The van der Waals surface area contributed by atoms with Crippen LogP contribution in [0.3, 0.4) is 0 Å². The fourth-order valence-corrected chi connectivity index (χ4v) is 4.84. The summed E-state index contributed by atoms with van der Waals surface area (Å²) in [6, 6.07) is 3.89. The van der Waals surface area contributed by atoms with Crippen molar-refractivity contribution in [2.75, 3.05) is 19.7 Å². The minimum absolute atomic E-state index is 0.0151. The second-order valence-corrected chi connectivity index (χ2v) is 8.16. The molecule has 5 nitrogen and oxygen atoms in total. The van der Waals surface area contributed by atoms with Crippen LogP contribution in [0.1, 0.15) is 60.8 Å². The van der Waals surface area contributed by atoms with E-state index in [4.69, 9.17) is 5.11 Å². The van der Waals surface area contributed by atoms with Crippen LogP contribution in [0.2, 0.25) is 0 Å². The van der Waals surface area contributed by atoms with Crippen molar-refractivity contribution in [1.29, 1.82) is 0 Å². The van der Waals surface area contributed by atoms with Crippen LogP contribution in [0, 0.1) is 31.1 Å². The zero-order valence-electron chi connectivity index (χ0n) is 16.8. The summed E-state index contributed by atoms with van der Waals surface area (Å²) in [7, 11) is 0. The maximum Gasteiger partial charge on any atom is 0.248 e. The largest absolute Gasteiger partial charge is 0.387 e. The number of hydrogen-bond acceptors (Lipinski definition) is 4. The van der Waals surface area contributed by atoms with E-state index in [2.05, 4.69) is 11.8 Å². The number of Topliss-reactive ketones (excluding diaryl/α,β-unsaturated/α-hetero) is 2. The zero-order chi connectivity index (χ0) is 20.5. The molecule has 1 N–H and O–H groups in total. The standard InChI is InChI=1S/C23H27NO4/c1-4-5-17-10-15(2)21(16(3)11-17)22-18(26)12-23(13-19(22)27)6-8-24(9-7-23)20(28)14-25/h10-11,22,25H,6-9,12-14H2,1-3H3. The maximum absolute atomic E-state index is 13.1. The average molecular weight is 381 g/mol. The van der Waals surface area contributed by atoms with E-state index < -0.39 is 12.5 Å². The Balaban J connectivity index is 1.82. The van der Waals surface area contributed by atoms with Gasteiger partial charge in [-0.3, -0.25) is 14.4 Å². The van der Waals surface area contributed by atoms with Gasteiger partial charge in [0, 0.05) is 31.5 Å². The van der Waals surface area contributed by atoms with Crippen molar-refractivity contribution in [2.45, 2.75) is 52.4 Å². The van der Waals surface area contributed by atoms with Crippen LogP contribution in [-0.2, 0) is 14.4 Å². The van der Waals surface area contributed by atoms with Gasteiger partial charge in [-0.05, 0) is 67.9 Å². The highest BCUT2D eigenvalue weighted by molar-refractivity contribution is 6.10. The molecule has 0 radical (unpaired) electrons. The van der Waals surface area contributed by atoms with E-state index in [1.807, 2.05) is 26.0 Å². The first-order chi connectivity index (χ1) is 13.3. The molecule has 0 aromatic heterocycles. The highest BCUT2D eigenvalue weighted by Crippen LogP contribution is 2.46. The van der Waals surface area contributed by atoms with Crippen LogP contribution in [0.25, 0.3) is 0 Å². The van der Waals surface area contributed by atoms with E-state index in [-0.39, 0.29) is 22.9 Å². The van der Waals surface area contributed by atoms with Crippen molar-refractivity contribution in [3.05, 3.63) is 34.4 Å². The fraction of sp³-hybridized carbons (Fsp3) is 0.522. The molecule has 2 fully saturated rings. The molecular weight excluding hydrogens is 354 g/mol. The van der Waals surface area contributed by atoms with E-state index in [9.17, 15) is 14.4 Å². The van der Waals surface area contributed by atoms with Gasteiger partial charge in [-0.1, -0.05) is 5.92 Å². The Hall–Kier alpha value is -2.45. The maximum atomic E-state index is 13.1. The highest BCUT2D eigenvalue weighted by Gasteiger charge is 2.47. The minimum Gasteiger partial charge on any atom is -0.387 e. The predicted molar refractivity (Wildman–Crippen MR) is 106 cm³/mol. The van der Waals surface area contributed by atoms with Gasteiger partial charge in [0.15, 0.2) is 0 Å². The SMILES string of the molecule is CC#Cc1cc(C)c(C2C(=O)CC3(CCN(C(=O)CO)CC3)CC2=O)c(C)c1. The molecule has 1 aliphatic heterocycles. The molecule has 1 amide bonds. The van der Waals surface area contributed by atoms with Crippen molar-refractivity contribution in [2.24, 2.45) is 5.41 Å². The number of rotatable bonds is 2. The summed E-state index contributed by atoms with van der Waals surface area (Å²) < 4.78 is 0. The molecule has 1 saturated carbocycles. The van der Waals surface area contributed by atoms with Gasteiger partial charge in [-0.2, -0.15) is 0 Å². The number of nitrogens with zero attached hydrogens (tertiary/aromatic N) is 1. The second-order valence-electron chi connectivity index (χ2n) is 8.16. The normalized spacial score (nSPS) is 19.5. The molecule has 5 heteroatoms. The number of carbonyl (C=O) groups is 3. The Kier molecular flexibility index (Phi) is 5.71. The van der Waals surface area contributed by atoms with Gasteiger partial charge >= 0.3 is 0 Å². The van der Waals surface area contributed by atoms with Gasteiger partial charge in [0.1, 0.15) is 24.1 Å². The highest BCUT2D eigenvalue weighted by atomic mass is 16.3. The van der Waals surface area contributed by atoms with Crippen LogP contribution in [0.5, 0.6) is 0 Å². The summed E-state index contributed by atoms with van der Waals surface area (Å²) in [6.45, 7) is 6.15. The molecule has 0 unspecified atom stereocenters. The Morgan fingerprint density at radius 1 is 1.14 bits per heavy atom. The molecule has 1 aromatic carbocycles. The quantitative estimate of drug-likeness (QED) is 0.630. The van der Waals surface area contributed by atoms with Gasteiger partial charge in [0.05, 0.1) is 0 Å². The van der Waals surface area contributed by atoms with E-state index >= 15 is 0 Å². The fourth-order valence-electron chi connectivity index (χ4n) is 4.84. The number of amides is 1. The third-order valence-electron chi connectivity index (χ3n) is 6.21. The number of aliphatic hydroxyl groups excluding tert-OH is 1. The predicted octanol–water partition coefficient (Wildman–Crippen LogP) is 2.29. The molecule has 0 bridgehead atoms. The smallest absolute Gasteiger partial charge is 0.248 e. The summed E-state index contributed by atoms with van der Waals surface area (Å²) in [5, 5.41) is 9.03. The summed E-state index contributed by atoms with van der Waals surface area (Å²) >= 11 is 0. The number of carbonyl (C=O) groups excluding carboxylic acids is 3. The number of aliphatic hydroxyl groups is 1. The van der Waals surface area contributed by atoms with E-state index in [1.165, 1.54) is 0 Å². The van der Waals surface area contributed by atoms with Crippen LogP contribution in [0.4, 0.5) is 0 Å². The van der Waals surface area contributed by atoms with Gasteiger partial charge < -0.3 is 10.0 Å². The number of hydrogen-bond donors (Lipinski definition) is 1. The van der Waals surface area contributed by atoms with Crippen LogP contribution < -0.4 is 0 Å². The van der Waals surface area contributed by atoms with Gasteiger partial charge in [0.2, 0.25) is 5.91 Å². The first kappa shape index (κ1) is 20.3. The number of benzene rings is 1. The first-order valence-corrected chi connectivity index (χ1v) is 9.78. The van der Waals surface area contributed by atoms with Crippen molar-refractivity contribution < 1.29 is 19.5 Å². The van der Waals surface area contributed by atoms with Gasteiger partial charge in [-0.25, -0.2) is 0 Å². The first-order valence-electron chi connectivity index (χ1n) is 9.78. The van der Waals surface area contributed by atoms with E-state index in [1.54, 1.807) is 11.8 Å². The van der Waals surface area contributed by atoms with Crippen LogP contribution >= 0.6 is 0 Å². The molecule has 2 aliphatic rings. The average Bonchev–Trinajstić information content (AvgIpc) is 2.63. The van der Waals surface area contributed by atoms with Gasteiger partial charge in [-0.15, -0.1) is 5.92 Å². The lowest BCUT2D eigenvalue weighted by Gasteiger charge is -2.44. The number of piperidine rings is 1. The van der Waals surface area contributed by atoms with Crippen molar-refractivity contribution in [3.63, 3.8) is 0 Å². The van der Waals surface area contributed by atoms with Crippen LogP contribution in [-0.4, -0.2) is 47.2 Å². The lowest BCUT2D eigenvalue weighted by atomic mass is 9.62. The Morgan fingerprint density at radius 2 is 1.68 bits per heavy atom. The third-order valence-corrected chi connectivity index (χ3v) is 6.21. The summed E-state index contributed by atoms with van der Waals surface area (Å²) in [4.78, 5) is 39.5. The van der Waals surface area contributed by atoms with E-state index in [0.717, 1.165) is 22.3 Å². The zero-order valence-corrected chi connectivity index (χ0v) is 16.8. The molecule has 0 atom stereocenters. The Bertz CT molecular complexity index is 839. The van der Waals surface area contributed by atoms with Crippen molar-refractivity contribution >= 4 is 17.5 Å². The molecule has 3 rings (SSSR count). The lowest BCUT2D eigenvalue weighted by molar-refractivity contribution is -0.141. The molecular formula is C23H27NO4. The monoisotopic (exact) mass is 381 g/mol. The Morgan fingerprint density at radius 3 is 2.14 bits per heavy atom. The van der Waals surface area contributed by atoms with Crippen molar-refractivity contribution in [1.82, 2.24) is 4.90 Å². The van der Waals surface area contributed by atoms with E-state index in [0.29, 0.717) is 38.8 Å². The summed E-state index contributed by atoms with van der Waals surface area (Å²) in [6.07, 6.45) is 2.01. The second kappa shape index (κ2) is 7.89. The molecule has 1 spiro atoms. The third kappa shape index (κ3) is 3.74. The number of likely N-dealkylation sites (tertiary alicyclic amines) is 1. The molecule has 1 aliphatic carbocycles. The topological polar surface area (TPSA) is 74.7 Å². The number of ketones is 2. The molecule has 1 aromatic rings. The minimum atomic E-state index is -0.689. The van der Waals surface area contributed by atoms with Crippen LogP contribution in [0.15, 0.2) is 12.1 Å². The summed E-state index contributed by atoms with van der Waals surface area (Å²) in [5.41, 5.74) is 3.26. The lowest BCUT2D eigenvalue weighted by Crippen LogP contribution is -2.49. The molecule has 1 saturated heterocycles. The summed E-state index contributed by atoms with van der Waals surface area (Å²) in [5.74, 6) is 4.91. The van der Waals surface area contributed by atoms with Gasteiger partial charge in [0.25, 0.3) is 0 Å². The number of aryl methyl sites for hydroxylation is 2. The molecule has 1 heterocycles.